The summed E-state index contributed by atoms with van der Waals surface area (Å²) in [6, 6.07) is 0. The van der Waals surface area contributed by atoms with Gasteiger partial charge < -0.3 is 14.6 Å². The fourth-order valence-corrected chi connectivity index (χ4v) is 2.15. The van der Waals surface area contributed by atoms with Crippen LogP contribution in [0.5, 0.6) is 0 Å². The summed E-state index contributed by atoms with van der Waals surface area (Å²) in [6.07, 6.45) is 6.50. The Labute approximate surface area is 92.8 Å². The van der Waals surface area contributed by atoms with E-state index in [-0.39, 0.29) is 0 Å². The third-order valence-electron chi connectivity index (χ3n) is 3.26. The number of hydrogen-bond donors (Lipinski definition) is 1. The van der Waals surface area contributed by atoms with Crippen LogP contribution in [0.15, 0.2) is 0 Å². The lowest BCUT2D eigenvalue weighted by Crippen LogP contribution is -2.33. The summed E-state index contributed by atoms with van der Waals surface area (Å²) >= 11 is 0. The van der Waals surface area contributed by atoms with E-state index in [1.807, 2.05) is 6.92 Å². The van der Waals surface area contributed by atoms with Crippen LogP contribution in [0, 0.1) is 0 Å². The molecule has 1 aliphatic heterocycles. The number of rotatable bonds is 7. The fraction of sp³-hybridized carbons (Fsp3) is 1.00. The Hall–Kier alpha value is -0.120. The zero-order valence-electron chi connectivity index (χ0n) is 10.00. The van der Waals surface area contributed by atoms with Crippen LogP contribution in [0.25, 0.3) is 0 Å². The molecule has 1 saturated heterocycles. The largest absolute Gasteiger partial charge is 0.387 e. The van der Waals surface area contributed by atoms with Crippen molar-refractivity contribution in [1.82, 2.24) is 0 Å². The first-order valence-electron chi connectivity index (χ1n) is 6.03. The number of methoxy groups -OCH3 is 1. The molecule has 0 aliphatic carbocycles. The van der Waals surface area contributed by atoms with Crippen LogP contribution in [0.1, 0.15) is 45.4 Å². The standard InChI is InChI=1S/C12H24O3/c1-3-12(13,10-14-2)8-4-6-11-7-5-9-15-11/h11,13H,3-10H2,1-2H3. The van der Waals surface area contributed by atoms with E-state index in [0.29, 0.717) is 12.7 Å². The van der Waals surface area contributed by atoms with Crippen LogP contribution >= 0.6 is 0 Å². The van der Waals surface area contributed by atoms with Crippen molar-refractivity contribution in [2.75, 3.05) is 20.3 Å². The molecular weight excluding hydrogens is 192 g/mol. The van der Waals surface area contributed by atoms with E-state index in [1.165, 1.54) is 12.8 Å². The van der Waals surface area contributed by atoms with Crippen molar-refractivity contribution < 1.29 is 14.6 Å². The molecule has 0 aromatic heterocycles. The second kappa shape index (κ2) is 6.46. The minimum Gasteiger partial charge on any atom is -0.387 e. The van der Waals surface area contributed by atoms with Gasteiger partial charge in [-0.25, -0.2) is 0 Å². The fourth-order valence-electron chi connectivity index (χ4n) is 2.15. The van der Waals surface area contributed by atoms with E-state index in [0.717, 1.165) is 32.3 Å². The summed E-state index contributed by atoms with van der Waals surface area (Å²) in [4.78, 5) is 0. The molecule has 0 aromatic rings. The predicted octanol–water partition coefficient (Wildman–Crippen LogP) is 2.12. The number of hydrogen-bond acceptors (Lipinski definition) is 3. The lowest BCUT2D eigenvalue weighted by Gasteiger charge is -2.26. The molecule has 0 bridgehead atoms. The summed E-state index contributed by atoms with van der Waals surface area (Å²) in [7, 11) is 1.64. The topological polar surface area (TPSA) is 38.7 Å². The van der Waals surface area contributed by atoms with Crippen molar-refractivity contribution in [2.45, 2.75) is 57.2 Å². The molecule has 1 fully saturated rings. The van der Waals surface area contributed by atoms with Gasteiger partial charge in [-0.2, -0.15) is 0 Å². The third-order valence-corrected chi connectivity index (χ3v) is 3.26. The van der Waals surface area contributed by atoms with Gasteiger partial charge in [0.05, 0.1) is 18.3 Å². The molecule has 15 heavy (non-hydrogen) atoms. The third kappa shape index (κ3) is 4.49. The van der Waals surface area contributed by atoms with Gasteiger partial charge in [-0.1, -0.05) is 6.92 Å². The van der Waals surface area contributed by atoms with Gasteiger partial charge in [0, 0.05) is 13.7 Å². The van der Waals surface area contributed by atoms with Gasteiger partial charge in [0.25, 0.3) is 0 Å². The Balaban J connectivity index is 2.15. The molecule has 2 atom stereocenters. The zero-order chi connectivity index (χ0) is 11.1. The normalized spacial score (nSPS) is 25.4. The summed E-state index contributed by atoms with van der Waals surface area (Å²) in [5.74, 6) is 0. The van der Waals surface area contributed by atoms with Crippen molar-refractivity contribution in [3.05, 3.63) is 0 Å². The highest BCUT2D eigenvalue weighted by Gasteiger charge is 2.25. The van der Waals surface area contributed by atoms with Crippen molar-refractivity contribution in [2.24, 2.45) is 0 Å². The average molecular weight is 216 g/mol. The first-order valence-corrected chi connectivity index (χ1v) is 6.03. The maximum atomic E-state index is 10.1. The zero-order valence-corrected chi connectivity index (χ0v) is 10.00. The molecule has 1 N–H and O–H groups in total. The Morgan fingerprint density at radius 1 is 1.53 bits per heavy atom. The van der Waals surface area contributed by atoms with Gasteiger partial charge in [0.2, 0.25) is 0 Å². The quantitative estimate of drug-likeness (QED) is 0.708. The first kappa shape index (κ1) is 12.9. The Morgan fingerprint density at radius 3 is 2.87 bits per heavy atom. The molecule has 0 radical (unpaired) electrons. The number of aliphatic hydroxyl groups is 1. The first-order chi connectivity index (χ1) is 7.20. The highest BCUT2D eigenvalue weighted by molar-refractivity contribution is 4.77. The Bertz CT molecular complexity index is 166. The highest BCUT2D eigenvalue weighted by atomic mass is 16.5. The average Bonchev–Trinajstić information content (AvgIpc) is 2.71. The van der Waals surface area contributed by atoms with Crippen LogP contribution in [-0.4, -0.2) is 37.1 Å². The highest BCUT2D eigenvalue weighted by Crippen LogP contribution is 2.23. The molecule has 1 aliphatic rings. The summed E-state index contributed by atoms with van der Waals surface area (Å²) in [5.41, 5.74) is -0.632. The molecule has 0 aromatic carbocycles. The minimum atomic E-state index is -0.632. The molecule has 3 heteroatoms. The Kier molecular flexibility index (Phi) is 5.58. The maximum Gasteiger partial charge on any atom is 0.0877 e. The van der Waals surface area contributed by atoms with Gasteiger partial charge in [-0.15, -0.1) is 0 Å². The van der Waals surface area contributed by atoms with E-state index >= 15 is 0 Å². The van der Waals surface area contributed by atoms with Crippen molar-refractivity contribution in [1.29, 1.82) is 0 Å². The summed E-state index contributed by atoms with van der Waals surface area (Å²) in [6.45, 7) is 3.36. The van der Waals surface area contributed by atoms with Gasteiger partial charge in [0.1, 0.15) is 0 Å². The van der Waals surface area contributed by atoms with Crippen molar-refractivity contribution in [3.63, 3.8) is 0 Å². The molecule has 1 heterocycles. The van der Waals surface area contributed by atoms with Crippen molar-refractivity contribution >= 4 is 0 Å². The van der Waals surface area contributed by atoms with Gasteiger partial charge in [0.15, 0.2) is 0 Å². The molecule has 90 valence electrons. The maximum absolute atomic E-state index is 10.1. The lowest BCUT2D eigenvalue weighted by molar-refractivity contribution is -0.0431. The smallest absolute Gasteiger partial charge is 0.0877 e. The van der Waals surface area contributed by atoms with Crippen LogP contribution in [0.3, 0.4) is 0 Å². The van der Waals surface area contributed by atoms with E-state index in [4.69, 9.17) is 9.47 Å². The predicted molar refractivity (Wildman–Crippen MR) is 59.9 cm³/mol. The molecular formula is C12H24O3. The van der Waals surface area contributed by atoms with Gasteiger partial charge in [-0.05, 0) is 38.5 Å². The van der Waals surface area contributed by atoms with Crippen LogP contribution < -0.4 is 0 Å². The molecule has 1 rings (SSSR count). The van der Waals surface area contributed by atoms with E-state index in [1.54, 1.807) is 7.11 Å². The van der Waals surface area contributed by atoms with E-state index < -0.39 is 5.60 Å². The lowest BCUT2D eigenvalue weighted by atomic mass is 9.93. The van der Waals surface area contributed by atoms with E-state index in [9.17, 15) is 5.11 Å². The molecule has 2 unspecified atom stereocenters. The minimum absolute atomic E-state index is 0.439. The monoisotopic (exact) mass is 216 g/mol. The van der Waals surface area contributed by atoms with Crippen LogP contribution in [0.2, 0.25) is 0 Å². The van der Waals surface area contributed by atoms with Crippen LogP contribution in [-0.2, 0) is 9.47 Å². The van der Waals surface area contributed by atoms with Crippen molar-refractivity contribution in [3.8, 4) is 0 Å². The SMILES string of the molecule is CCC(O)(CCCC1CCCO1)COC. The summed E-state index contributed by atoms with van der Waals surface area (Å²) in [5, 5.41) is 10.1. The van der Waals surface area contributed by atoms with Crippen LogP contribution in [0.4, 0.5) is 0 Å². The molecule has 3 nitrogen and oxygen atoms in total. The number of ether oxygens (including phenoxy) is 2. The second-order valence-electron chi connectivity index (χ2n) is 4.54. The summed E-state index contributed by atoms with van der Waals surface area (Å²) < 4.78 is 10.6. The molecule has 0 saturated carbocycles. The molecule has 0 amide bonds. The van der Waals surface area contributed by atoms with Gasteiger partial charge >= 0.3 is 0 Å². The van der Waals surface area contributed by atoms with Gasteiger partial charge in [-0.3, -0.25) is 0 Å². The molecule has 0 spiro atoms. The van der Waals surface area contributed by atoms with E-state index in [2.05, 4.69) is 0 Å². The Morgan fingerprint density at radius 2 is 2.33 bits per heavy atom. The second-order valence-corrected chi connectivity index (χ2v) is 4.54.